The van der Waals surface area contributed by atoms with Crippen molar-refractivity contribution in [2.24, 2.45) is 0 Å². The fraction of sp³-hybridized carbons (Fsp3) is 0.417. The van der Waals surface area contributed by atoms with Crippen molar-refractivity contribution >= 4 is 39.5 Å². The summed E-state index contributed by atoms with van der Waals surface area (Å²) in [4.78, 5) is 12.1. The van der Waals surface area contributed by atoms with Crippen LogP contribution in [-0.4, -0.2) is 52.7 Å². The Labute approximate surface area is 213 Å². The second kappa shape index (κ2) is 10.4. The van der Waals surface area contributed by atoms with E-state index in [2.05, 4.69) is 31.6 Å². The van der Waals surface area contributed by atoms with Gasteiger partial charge >= 0.3 is 6.18 Å². The van der Waals surface area contributed by atoms with Crippen molar-refractivity contribution in [3.05, 3.63) is 46.5 Å². The average molecular weight is 538 g/mol. The van der Waals surface area contributed by atoms with E-state index in [9.17, 15) is 17.4 Å². The summed E-state index contributed by atoms with van der Waals surface area (Å²) in [6, 6.07) is 7.57. The van der Waals surface area contributed by atoms with E-state index >= 15 is 0 Å². The van der Waals surface area contributed by atoms with Crippen LogP contribution >= 0.6 is 11.3 Å². The first kappa shape index (κ1) is 25.1. The number of hydrogen-bond donors (Lipinski definition) is 2. The Hall–Kier alpha value is -2.54. The van der Waals surface area contributed by atoms with Crippen LogP contribution in [0.4, 0.5) is 30.5 Å². The van der Waals surface area contributed by atoms with E-state index in [1.807, 2.05) is 19.1 Å². The van der Waals surface area contributed by atoms with Gasteiger partial charge in [-0.3, -0.25) is 4.21 Å². The lowest BCUT2D eigenvalue weighted by molar-refractivity contribution is -0.137. The Morgan fingerprint density at radius 3 is 2.81 bits per heavy atom. The van der Waals surface area contributed by atoms with Gasteiger partial charge in [-0.05, 0) is 36.2 Å². The van der Waals surface area contributed by atoms with Crippen LogP contribution in [0.1, 0.15) is 22.9 Å². The molecule has 7 nitrogen and oxygen atoms in total. The molecule has 1 saturated heterocycles. The number of ether oxygens (including phenoxy) is 1. The highest BCUT2D eigenvalue weighted by atomic mass is 32.2. The Morgan fingerprint density at radius 1 is 1.25 bits per heavy atom. The zero-order chi connectivity index (χ0) is 25.3. The lowest BCUT2D eigenvalue weighted by Gasteiger charge is -2.30. The number of rotatable bonds is 5. The van der Waals surface area contributed by atoms with Gasteiger partial charge in [-0.2, -0.15) is 13.2 Å². The number of hydrogen-bond acceptors (Lipinski definition) is 8. The van der Waals surface area contributed by atoms with Crippen LogP contribution in [0.15, 0.2) is 35.4 Å². The highest BCUT2D eigenvalue weighted by Crippen LogP contribution is 2.41. The Morgan fingerprint density at radius 2 is 2.06 bits per heavy atom. The van der Waals surface area contributed by atoms with Gasteiger partial charge in [0.2, 0.25) is 5.95 Å². The maximum Gasteiger partial charge on any atom is 0.420 e. The minimum atomic E-state index is -4.63. The molecule has 0 radical (unpaired) electrons. The number of halogens is 3. The highest BCUT2D eigenvalue weighted by molar-refractivity contribution is 7.85. The summed E-state index contributed by atoms with van der Waals surface area (Å²) < 4.78 is 59.6. The van der Waals surface area contributed by atoms with E-state index < -0.39 is 22.5 Å². The van der Waals surface area contributed by atoms with Gasteiger partial charge in [0.15, 0.2) is 0 Å². The van der Waals surface area contributed by atoms with Crippen LogP contribution in [0.5, 0.6) is 0 Å². The molecule has 3 aromatic rings. The van der Waals surface area contributed by atoms with Crippen LogP contribution < -0.4 is 15.5 Å². The third-order valence-corrected chi connectivity index (χ3v) is 8.82. The molecule has 1 unspecified atom stereocenters. The van der Waals surface area contributed by atoms with Crippen molar-refractivity contribution in [3.63, 3.8) is 0 Å². The first-order valence-corrected chi connectivity index (χ1v) is 13.9. The molecular weight excluding hydrogens is 511 g/mol. The predicted octanol–water partition coefficient (Wildman–Crippen LogP) is 4.58. The maximum absolute atomic E-state index is 13.9. The van der Waals surface area contributed by atoms with Crippen molar-refractivity contribution in [3.8, 4) is 10.6 Å². The van der Waals surface area contributed by atoms with Gasteiger partial charge in [0.05, 0.1) is 45.2 Å². The lowest BCUT2D eigenvalue weighted by atomic mass is 10.1. The van der Waals surface area contributed by atoms with Crippen LogP contribution in [0.2, 0.25) is 0 Å². The fourth-order valence-electron chi connectivity index (χ4n) is 4.30. The third kappa shape index (κ3) is 5.26. The molecule has 0 bridgehead atoms. The van der Waals surface area contributed by atoms with Gasteiger partial charge in [-0.25, -0.2) is 9.97 Å². The minimum Gasteiger partial charge on any atom is -0.375 e. The number of piperazine rings is 1. The zero-order valence-electron chi connectivity index (χ0n) is 19.7. The van der Waals surface area contributed by atoms with E-state index in [-0.39, 0.29) is 18.2 Å². The standard InChI is InChI=1S/C24H26F3N5O2S2/c1-2-15-11-16(32-7-5-28-6-8-32)3-4-18(15)30-23-29-13-17(24(25,26)27)22(31-23)19-12-21-20(35-19)14-34-9-10-36(21)33/h3-4,11-13,28H,2,5-10,14H2,1H3,(H,29,30,31). The normalized spacial score (nSPS) is 18.6. The number of fused-ring (bicyclic) bond motifs is 1. The van der Waals surface area contributed by atoms with Gasteiger partial charge in [0, 0.05) is 48.6 Å². The Balaban J connectivity index is 1.49. The van der Waals surface area contributed by atoms with Crippen molar-refractivity contribution in [2.75, 3.05) is 48.8 Å². The van der Waals surface area contributed by atoms with E-state index in [0.29, 0.717) is 27.0 Å². The quantitative estimate of drug-likeness (QED) is 0.493. The average Bonchev–Trinajstić information content (AvgIpc) is 3.23. The van der Waals surface area contributed by atoms with Crippen molar-refractivity contribution in [1.29, 1.82) is 0 Å². The molecule has 192 valence electrons. The molecule has 1 fully saturated rings. The highest BCUT2D eigenvalue weighted by Gasteiger charge is 2.36. The molecule has 0 spiro atoms. The number of aryl methyl sites for hydroxylation is 1. The molecule has 2 aliphatic heterocycles. The van der Waals surface area contributed by atoms with E-state index in [0.717, 1.165) is 67.1 Å². The third-order valence-electron chi connectivity index (χ3n) is 6.19. The molecule has 1 atom stereocenters. The van der Waals surface area contributed by atoms with Gasteiger partial charge in [-0.1, -0.05) is 6.92 Å². The zero-order valence-corrected chi connectivity index (χ0v) is 21.3. The number of benzene rings is 1. The van der Waals surface area contributed by atoms with Crippen molar-refractivity contribution in [1.82, 2.24) is 15.3 Å². The summed E-state index contributed by atoms with van der Waals surface area (Å²) in [5.41, 5.74) is 1.72. The summed E-state index contributed by atoms with van der Waals surface area (Å²) in [6.07, 6.45) is -3.09. The molecule has 5 rings (SSSR count). The van der Waals surface area contributed by atoms with E-state index in [1.54, 1.807) is 6.07 Å². The first-order chi connectivity index (χ1) is 17.3. The first-order valence-electron chi connectivity index (χ1n) is 11.7. The predicted molar refractivity (Wildman–Crippen MR) is 135 cm³/mol. The summed E-state index contributed by atoms with van der Waals surface area (Å²) in [5.74, 6) is 0.388. The second-order valence-electron chi connectivity index (χ2n) is 8.51. The maximum atomic E-state index is 13.9. The second-order valence-corrected chi connectivity index (χ2v) is 11.2. The van der Waals surface area contributed by atoms with Crippen LogP contribution in [-0.2, 0) is 34.7 Å². The minimum absolute atomic E-state index is 0.0728. The topological polar surface area (TPSA) is 79.4 Å². The van der Waals surface area contributed by atoms with E-state index in [4.69, 9.17) is 4.74 Å². The number of alkyl halides is 3. The van der Waals surface area contributed by atoms with Crippen LogP contribution in [0.3, 0.4) is 0 Å². The summed E-state index contributed by atoms with van der Waals surface area (Å²) in [6.45, 7) is 6.30. The van der Waals surface area contributed by atoms with E-state index in [1.165, 1.54) is 0 Å². The Kier molecular flexibility index (Phi) is 7.29. The number of thiophene rings is 1. The summed E-state index contributed by atoms with van der Waals surface area (Å²) >= 11 is 1.13. The molecule has 2 aromatic heterocycles. The number of anilines is 3. The van der Waals surface area contributed by atoms with Gasteiger partial charge in [0.1, 0.15) is 5.56 Å². The molecule has 0 saturated carbocycles. The molecule has 2 aliphatic rings. The smallest absolute Gasteiger partial charge is 0.375 e. The van der Waals surface area contributed by atoms with Gasteiger partial charge < -0.3 is 20.3 Å². The number of nitrogens with one attached hydrogen (secondary N) is 2. The number of nitrogens with zero attached hydrogens (tertiary/aromatic N) is 3. The molecule has 2 N–H and O–H groups in total. The summed E-state index contributed by atoms with van der Waals surface area (Å²) in [5, 5.41) is 6.46. The fourth-order valence-corrected chi connectivity index (χ4v) is 6.83. The van der Waals surface area contributed by atoms with Crippen molar-refractivity contribution in [2.45, 2.75) is 31.0 Å². The SMILES string of the molecule is CCc1cc(N2CCNCC2)ccc1Nc1ncc(C(F)(F)F)c(-c2cc3c(s2)COCCS3=O)n1. The van der Waals surface area contributed by atoms with Crippen LogP contribution in [0, 0.1) is 0 Å². The Bertz CT molecular complexity index is 1280. The molecule has 0 aliphatic carbocycles. The number of aromatic nitrogens is 2. The largest absolute Gasteiger partial charge is 0.420 e. The summed E-state index contributed by atoms with van der Waals surface area (Å²) in [7, 11) is -1.32. The molecule has 1 aromatic carbocycles. The van der Waals surface area contributed by atoms with Gasteiger partial charge in [0.25, 0.3) is 0 Å². The van der Waals surface area contributed by atoms with Crippen molar-refractivity contribution < 1.29 is 22.1 Å². The molecule has 36 heavy (non-hydrogen) atoms. The monoisotopic (exact) mass is 537 g/mol. The van der Waals surface area contributed by atoms with Crippen LogP contribution in [0.25, 0.3) is 10.6 Å². The molecule has 12 heteroatoms. The molecule has 4 heterocycles. The lowest BCUT2D eigenvalue weighted by Crippen LogP contribution is -2.43. The molecule has 0 amide bonds. The molecular formula is C24H26F3N5O2S2. The van der Waals surface area contributed by atoms with Gasteiger partial charge in [-0.15, -0.1) is 11.3 Å².